The molecular formula is C18H30FNO. The number of fused-ring (bicyclic) bond motifs is 5. The quantitative estimate of drug-likeness (QED) is 0.720. The Morgan fingerprint density at radius 1 is 1.00 bits per heavy atom. The molecule has 3 N–H and O–H groups in total. The molecule has 0 aliphatic heterocycles. The van der Waals surface area contributed by atoms with Crippen LogP contribution in [0.15, 0.2) is 0 Å². The maximum atomic E-state index is 14.2. The second-order valence-corrected chi connectivity index (χ2v) is 8.72. The van der Waals surface area contributed by atoms with Crippen LogP contribution in [0.5, 0.6) is 0 Å². The highest BCUT2D eigenvalue weighted by Crippen LogP contribution is 2.62. The number of aliphatic hydroxyl groups is 1. The molecule has 0 aromatic heterocycles. The van der Waals surface area contributed by atoms with E-state index in [0.29, 0.717) is 18.3 Å². The molecule has 4 aliphatic carbocycles. The lowest BCUT2D eigenvalue weighted by molar-refractivity contribution is -0.0703. The van der Waals surface area contributed by atoms with E-state index in [0.717, 1.165) is 37.0 Å². The van der Waals surface area contributed by atoms with Gasteiger partial charge in [0, 0.05) is 6.04 Å². The summed E-state index contributed by atoms with van der Waals surface area (Å²) < 4.78 is 14.2. The topological polar surface area (TPSA) is 46.2 Å². The summed E-state index contributed by atoms with van der Waals surface area (Å²) in [6.45, 7) is 2.26. The van der Waals surface area contributed by atoms with Crippen molar-refractivity contribution in [3.63, 3.8) is 0 Å². The minimum absolute atomic E-state index is 0.0433. The van der Waals surface area contributed by atoms with Crippen LogP contribution in [0.3, 0.4) is 0 Å². The van der Waals surface area contributed by atoms with Gasteiger partial charge in [-0.25, -0.2) is 4.39 Å². The van der Waals surface area contributed by atoms with Gasteiger partial charge in [0.2, 0.25) is 0 Å². The summed E-state index contributed by atoms with van der Waals surface area (Å²) in [7, 11) is 0. The lowest BCUT2D eigenvalue weighted by atomic mass is 9.50. The van der Waals surface area contributed by atoms with Gasteiger partial charge >= 0.3 is 0 Å². The summed E-state index contributed by atoms with van der Waals surface area (Å²) in [5, 5.41) is 9.94. The van der Waals surface area contributed by atoms with Gasteiger partial charge < -0.3 is 10.8 Å². The molecule has 9 atom stereocenters. The third-order valence-electron chi connectivity index (χ3n) is 7.99. The van der Waals surface area contributed by atoms with Crippen LogP contribution >= 0.6 is 0 Å². The number of hydrogen-bond donors (Lipinski definition) is 2. The second kappa shape index (κ2) is 4.92. The van der Waals surface area contributed by atoms with Gasteiger partial charge in [0.15, 0.2) is 0 Å². The molecule has 120 valence electrons. The smallest absolute Gasteiger partial charge is 0.116 e. The Morgan fingerprint density at radius 3 is 2.57 bits per heavy atom. The van der Waals surface area contributed by atoms with Crippen molar-refractivity contribution in [1.82, 2.24) is 0 Å². The predicted octanol–water partition coefficient (Wildman–Crippen LogP) is 3.28. The van der Waals surface area contributed by atoms with Gasteiger partial charge in [0.1, 0.15) is 6.17 Å². The zero-order valence-electron chi connectivity index (χ0n) is 13.2. The molecule has 4 saturated carbocycles. The summed E-state index contributed by atoms with van der Waals surface area (Å²) in [4.78, 5) is 0. The Hall–Kier alpha value is -0.150. The van der Waals surface area contributed by atoms with E-state index in [-0.39, 0.29) is 17.6 Å². The summed E-state index contributed by atoms with van der Waals surface area (Å²) in [6, 6.07) is -0.241. The molecule has 21 heavy (non-hydrogen) atoms. The highest BCUT2D eigenvalue weighted by molar-refractivity contribution is 5.10. The number of aliphatic hydroxyl groups excluding tert-OH is 1. The van der Waals surface area contributed by atoms with E-state index in [1.807, 2.05) is 0 Å². The molecule has 0 heterocycles. The van der Waals surface area contributed by atoms with Gasteiger partial charge in [0.25, 0.3) is 0 Å². The largest absolute Gasteiger partial charge is 0.393 e. The SMILES string of the molecule is C[C@]12CC[C@H]3[C@@H](CCC4CC(O)CC[C@@H]43)[C@@H]1CC(F)C2N. The predicted molar refractivity (Wildman–Crippen MR) is 81.4 cm³/mol. The highest BCUT2D eigenvalue weighted by atomic mass is 19.1. The summed E-state index contributed by atoms with van der Waals surface area (Å²) >= 11 is 0. The van der Waals surface area contributed by atoms with E-state index >= 15 is 0 Å². The number of hydrogen-bond acceptors (Lipinski definition) is 2. The molecule has 2 nitrogen and oxygen atoms in total. The fraction of sp³-hybridized carbons (Fsp3) is 1.00. The molecule has 0 amide bonds. The van der Waals surface area contributed by atoms with E-state index in [1.165, 1.54) is 25.7 Å². The lowest BCUT2D eigenvalue weighted by Gasteiger charge is -2.55. The van der Waals surface area contributed by atoms with Crippen LogP contribution in [0.2, 0.25) is 0 Å². The lowest BCUT2D eigenvalue weighted by Crippen LogP contribution is -2.51. The molecular weight excluding hydrogens is 265 g/mol. The van der Waals surface area contributed by atoms with Crippen molar-refractivity contribution >= 4 is 0 Å². The van der Waals surface area contributed by atoms with E-state index in [2.05, 4.69) is 6.92 Å². The maximum Gasteiger partial charge on any atom is 0.116 e. The van der Waals surface area contributed by atoms with Crippen LogP contribution in [0, 0.1) is 35.0 Å². The van der Waals surface area contributed by atoms with Crippen molar-refractivity contribution in [3.8, 4) is 0 Å². The number of halogens is 1. The monoisotopic (exact) mass is 295 g/mol. The minimum atomic E-state index is -0.787. The van der Waals surface area contributed by atoms with Gasteiger partial charge in [-0.05, 0) is 86.4 Å². The zero-order valence-corrected chi connectivity index (χ0v) is 13.2. The Kier molecular flexibility index (Phi) is 3.39. The minimum Gasteiger partial charge on any atom is -0.393 e. The van der Waals surface area contributed by atoms with Crippen molar-refractivity contribution in [1.29, 1.82) is 0 Å². The van der Waals surface area contributed by atoms with Gasteiger partial charge in [-0.1, -0.05) is 6.92 Å². The molecule has 4 unspecified atom stereocenters. The third-order valence-corrected chi connectivity index (χ3v) is 7.99. The Morgan fingerprint density at radius 2 is 1.76 bits per heavy atom. The van der Waals surface area contributed by atoms with Gasteiger partial charge in [-0.15, -0.1) is 0 Å². The summed E-state index contributed by atoms with van der Waals surface area (Å²) in [5.74, 6) is 3.52. The average Bonchev–Trinajstić information content (AvgIpc) is 2.70. The number of rotatable bonds is 0. The maximum absolute atomic E-state index is 14.2. The van der Waals surface area contributed by atoms with Gasteiger partial charge in [-0.3, -0.25) is 0 Å². The first-order valence-electron chi connectivity index (χ1n) is 9.08. The second-order valence-electron chi connectivity index (χ2n) is 8.72. The molecule has 3 heteroatoms. The normalized spacial score (nSPS) is 60.0. The zero-order chi connectivity index (χ0) is 14.8. The standard InChI is InChI=1S/C18H30FNO/c1-18-7-6-13-12-5-3-11(21)8-10(12)2-4-14(13)15(18)9-16(19)17(18)20/h10-17,21H,2-9,20H2,1H3/t10?,11?,12-,13+,14+,15-,16?,17?,18-/m0/s1. The first-order valence-corrected chi connectivity index (χ1v) is 9.08. The number of alkyl halides is 1. The number of nitrogens with two attached hydrogens (primary N) is 1. The Bertz CT molecular complexity index is 416. The van der Waals surface area contributed by atoms with Crippen LogP contribution in [0.4, 0.5) is 4.39 Å². The fourth-order valence-electron chi connectivity index (χ4n) is 6.84. The molecule has 4 fully saturated rings. The molecule has 0 spiro atoms. The molecule has 0 radical (unpaired) electrons. The summed E-state index contributed by atoms with van der Waals surface area (Å²) in [5.41, 5.74) is 6.27. The Balaban J connectivity index is 1.58. The van der Waals surface area contributed by atoms with E-state index < -0.39 is 6.17 Å². The van der Waals surface area contributed by atoms with E-state index in [9.17, 15) is 9.50 Å². The molecule has 0 saturated heterocycles. The third kappa shape index (κ3) is 2.03. The molecule has 0 aromatic carbocycles. The Labute approximate surface area is 127 Å². The highest BCUT2D eigenvalue weighted by Gasteiger charge is 2.59. The van der Waals surface area contributed by atoms with Crippen molar-refractivity contribution in [2.45, 2.75) is 76.6 Å². The van der Waals surface area contributed by atoms with Crippen LogP contribution < -0.4 is 5.73 Å². The molecule has 0 aromatic rings. The van der Waals surface area contributed by atoms with E-state index in [1.54, 1.807) is 0 Å². The van der Waals surface area contributed by atoms with Crippen molar-refractivity contribution in [2.24, 2.45) is 40.7 Å². The van der Waals surface area contributed by atoms with Gasteiger partial charge in [0.05, 0.1) is 6.10 Å². The molecule has 4 rings (SSSR count). The summed E-state index contributed by atoms with van der Waals surface area (Å²) in [6.07, 6.45) is 7.91. The first kappa shape index (κ1) is 14.4. The van der Waals surface area contributed by atoms with Crippen LogP contribution in [-0.4, -0.2) is 23.4 Å². The molecule has 4 aliphatic rings. The van der Waals surface area contributed by atoms with E-state index in [4.69, 9.17) is 5.73 Å². The van der Waals surface area contributed by atoms with Crippen molar-refractivity contribution in [2.75, 3.05) is 0 Å². The average molecular weight is 295 g/mol. The first-order chi connectivity index (χ1) is 10.0. The fourth-order valence-corrected chi connectivity index (χ4v) is 6.84. The van der Waals surface area contributed by atoms with Crippen molar-refractivity contribution in [3.05, 3.63) is 0 Å². The van der Waals surface area contributed by atoms with Crippen LogP contribution in [0.1, 0.15) is 58.3 Å². The van der Waals surface area contributed by atoms with Gasteiger partial charge in [-0.2, -0.15) is 0 Å². The van der Waals surface area contributed by atoms with Crippen LogP contribution in [0.25, 0.3) is 0 Å². The van der Waals surface area contributed by atoms with Crippen molar-refractivity contribution < 1.29 is 9.50 Å². The molecule has 0 bridgehead atoms. The van der Waals surface area contributed by atoms with Crippen LogP contribution in [-0.2, 0) is 0 Å².